The van der Waals surface area contributed by atoms with Crippen molar-refractivity contribution in [3.05, 3.63) is 58.7 Å². The van der Waals surface area contributed by atoms with Gasteiger partial charge in [0.2, 0.25) is 5.88 Å². The number of aromatic nitrogens is 1. The van der Waals surface area contributed by atoms with Crippen LogP contribution in [0, 0.1) is 0 Å². The normalized spacial score (nSPS) is 10.7. The van der Waals surface area contributed by atoms with Crippen molar-refractivity contribution in [2.24, 2.45) is 4.99 Å². The summed E-state index contributed by atoms with van der Waals surface area (Å²) in [6.07, 6.45) is 1.70. The molecule has 0 atom stereocenters. The zero-order valence-electron chi connectivity index (χ0n) is 13.0. The molecule has 1 heterocycles. The first-order chi connectivity index (χ1) is 10.7. The molecule has 7 heteroatoms. The number of pyridine rings is 1. The molecule has 2 aromatic rings. The quantitative estimate of drug-likeness (QED) is 0.421. The molecule has 5 nitrogen and oxygen atoms in total. The highest BCUT2D eigenvalue weighted by Gasteiger charge is 2.04. The molecule has 0 aliphatic carbocycles. The highest BCUT2D eigenvalue weighted by molar-refractivity contribution is 14.0. The van der Waals surface area contributed by atoms with E-state index in [1.807, 2.05) is 36.4 Å². The number of guanidine groups is 1. The van der Waals surface area contributed by atoms with Crippen molar-refractivity contribution in [1.82, 2.24) is 15.6 Å². The zero-order valence-corrected chi connectivity index (χ0v) is 16.1. The van der Waals surface area contributed by atoms with Crippen molar-refractivity contribution < 1.29 is 4.74 Å². The van der Waals surface area contributed by atoms with E-state index in [0.717, 1.165) is 16.1 Å². The molecule has 0 fully saturated rings. The second kappa shape index (κ2) is 10.3. The van der Waals surface area contributed by atoms with Crippen LogP contribution < -0.4 is 15.4 Å². The Morgan fingerprint density at radius 1 is 1.17 bits per heavy atom. The van der Waals surface area contributed by atoms with Crippen LogP contribution in [0.4, 0.5) is 0 Å². The lowest BCUT2D eigenvalue weighted by molar-refractivity contribution is 0.392. The Kier molecular flexibility index (Phi) is 8.71. The topological polar surface area (TPSA) is 58.5 Å². The monoisotopic (exact) mass is 446 g/mol. The van der Waals surface area contributed by atoms with E-state index in [-0.39, 0.29) is 24.0 Å². The smallest absolute Gasteiger partial charge is 0.218 e. The molecule has 0 aliphatic rings. The van der Waals surface area contributed by atoms with Gasteiger partial charge >= 0.3 is 0 Å². The molecule has 0 radical (unpaired) electrons. The fourth-order valence-corrected chi connectivity index (χ4v) is 2.06. The fourth-order valence-electron chi connectivity index (χ4n) is 1.93. The van der Waals surface area contributed by atoms with Gasteiger partial charge in [-0.05, 0) is 23.8 Å². The minimum atomic E-state index is 0. The van der Waals surface area contributed by atoms with Crippen LogP contribution in [0.15, 0.2) is 47.6 Å². The van der Waals surface area contributed by atoms with Crippen molar-refractivity contribution in [2.45, 2.75) is 13.1 Å². The van der Waals surface area contributed by atoms with Crippen molar-refractivity contribution in [3.8, 4) is 5.88 Å². The van der Waals surface area contributed by atoms with Gasteiger partial charge in [-0.25, -0.2) is 4.98 Å². The fraction of sp³-hybridized carbons (Fsp3) is 0.250. The molecule has 2 rings (SSSR count). The third kappa shape index (κ3) is 6.23. The van der Waals surface area contributed by atoms with E-state index in [9.17, 15) is 0 Å². The number of halogens is 2. The van der Waals surface area contributed by atoms with Gasteiger partial charge in [-0.3, -0.25) is 4.99 Å². The summed E-state index contributed by atoms with van der Waals surface area (Å²) in [5, 5.41) is 7.21. The maximum atomic E-state index is 5.87. The van der Waals surface area contributed by atoms with Crippen molar-refractivity contribution in [3.63, 3.8) is 0 Å². The van der Waals surface area contributed by atoms with Gasteiger partial charge in [0.15, 0.2) is 5.96 Å². The van der Waals surface area contributed by atoms with Gasteiger partial charge in [0, 0.05) is 36.9 Å². The molecule has 0 spiro atoms. The molecule has 2 N–H and O–H groups in total. The summed E-state index contributed by atoms with van der Waals surface area (Å²) < 4.78 is 5.23. The number of ether oxygens (including phenoxy) is 1. The first kappa shape index (κ1) is 19.5. The lowest BCUT2D eigenvalue weighted by Crippen LogP contribution is -2.36. The summed E-state index contributed by atoms with van der Waals surface area (Å²) in [6.45, 7) is 1.25. The predicted molar refractivity (Wildman–Crippen MR) is 105 cm³/mol. The maximum absolute atomic E-state index is 5.87. The predicted octanol–water partition coefficient (Wildman–Crippen LogP) is 3.23. The third-order valence-electron chi connectivity index (χ3n) is 3.09. The van der Waals surface area contributed by atoms with Crippen molar-refractivity contribution >= 4 is 41.5 Å². The number of hydrogen-bond acceptors (Lipinski definition) is 3. The average Bonchev–Trinajstić information content (AvgIpc) is 2.57. The van der Waals surface area contributed by atoms with E-state index in [1.165, 1.54) is 0 Å². The molecule has 0 aliphatic heterocycles. The van der Waals surface area contributed by atoms with Gasteiger partial charge in [-0.15, -0.1) is 24.0 Å². The highest BCUT2D eigenvalue weighted by Crippen LogP contribution is 2.12. The van der Waals surface area contributed by atoms with E-state index in [1.54, 1.807) is 20.4 Å². The van der Waals surface area contributed by atoms with Crippen LogP contribution >= 0.6 is 35.6 Å². The number of hydrogen-bond donors (Lipinski definition) is 2. The van der Waals surface area contributed by atoms with Crippen LogP contribution in [0.1, 0.15) is 11.1 Å². The van der Waals surface area contributed by atoms with Crippen LogP contribution in [0.2, 0.25) is 5.02 Å². The van der Waals surface area contributed by atoms with Crippen LogP contribution in [-0.2, 0) is 13.1 Å². The van der Waals surface area contributed by atoms with E-state index >= 15 is 0 Å². The van der Waals surface area contributed by atoms with E-state index in [4.69, 9.17) is 16.3 Å². The number of methoxy groups -OCH3 is 1. The Morgan fingerprint density at radius 3 is 2.52 bits per heavy atom. The summed E-state index contributed by atoms with van der Waals surface area (Å²) in [6, 6.07) is 11.5. The SMILES string of the molecule is CN=C(NCc1ccc(Cl)cc1)NCc1cccnc1OC.I. The Balaban J connectivity index is 0.00000264. The average molecular weight is 447 g/mol. The number of benzene rings is 1. The zero-order chi connectivity index (χ0) is 15.8. The molecule has 0 unspecified atom stereocenters. The summed E-state index contributed by atoms with van der Waals surface area (Å²) in [7, 11) is 3.34. The Labute approximate surface area is 158 Å². The third-order valence-corrected chi connectivity index (χ3v) is 3.34. The van der Waals surface area contributed by atoms with Gasteiger partial charge in [0.05, 0.1) is 7.11 Å². The largest absolute Gasteiger partial charge is 0.481 e. The summed E-state index contributed by atoms with van der Waals surface area (Å²) >= 11 is 5.87. The summed E-state index contributed by atoms with van der Waals surface area (Å²) in [4.78, 5) is 8.37. The van der Waals surface area contributed by atoms with Crippen LogP contribution in [0.25, 0.3) is 0 Å². The minimum Gasteiger partial charge on any atom is -0.481 e. The number of nitrogens with zero attached hydrogens (tertiary/aromatic N) is 2. The molecule has 0 amide bonds. The summed E-state index contributed by atoms with van der Waals surface area (Å²) in [5.74, 6) is 1.32. The molecule has 0 saturated carbocycles. The molecular formula is C16H20ClIN4O. The lowest BCUT2D eigenvalue weighted by atomic mass is 10.2. The molecule has 0 bridgehead atoms. The second-order valence-electron chi connectivity index (χ2n) is 4.58. The van der Waals surface area contributed by atoms with E-state index in [0.29, 0.717) is 24.9 Å². The maximum Gasteiger partial charge on any atom is 0.218 e. The van der Waals surface area contributed by atoms with Gasteiger partial charge in [0.1, 0.15) is 0 Å². The number of aliphatic imine (C=N–C) groups is 1. The van der Waals surface area contributed by atoms with Gasteiger partial charge in [-0.1, -0.05) is 29.8 Å². The molecular weight excluding hydrogens is 427 g/mol. The first-order valence-electron chi connectivity index (χ1n) is 6.89. The van der Waals surface area contributed by atoms with Crippen molar-refractivity contribution in [2.75, 3.05) is 14.2 Å². The van der Waals surface area contributed by atoms with E-state index in [2.05, 4.69) is 20.6 Å². The van der Waals surface area contributed by atoms with Gasteiger partial charge in [-0.2, -0.15) is 0 Å². The molecule has 0 saturated heterocycles. The molecule has 1 aromatic heterocycles. The Morgan fingerprint density at radius 2 is 1.87 bits per heavy atom. The second-order valence-corrected chi connectivity index (χ2v) is 5.01. The Hall–Kier alpha value is -1.54. The first-order valence-corrected chi connectivity index (χ1v) is 7.27. The van der Waals surface area contributed by atoms with Crippen LogP contribution in [0.3, 0.4) is 0 Å². The Bertz CT molecular complexity index is 634. The summed E-state index contributed by atoms with van der Waals surface area (Å²) in [5.41, 5.74) is 2.10. The van der Waals surface area contributed by atoms with Crippen LogP contribution in [-0.4, -0.2) is 25.1 Å². The standard InChI is InChI=1S/C16H19ClN4O.HI/c1-18-16(20-10-12-5-7-14(17)8-6-12)21-11-13-4-3-9-19-15(13)22-2;/h3-9H,10-11H2,1-2H3,(H2,18,20,21);1H. The van der Waals surface area contributed by atoms with Gasteiger partial charge in [0.25, 0.3) is 0 Å². The van der Waals surface area contributed by atoms with Gasteiger partial charge < -0.3 is 15.4 Å². The number of rotatable bonds is 5. The lowest BCUT2D eigenvalue weighted by Gasteiger charge is -2.13. The van der Waals surface area contributed by atoms with E-state index < -0.39 is 0 Å². The molecule has 1 aromatic carbocycles. The highest BCUT2D eigenvalue weighted by atomic mass is 127. The van der Waals surface area contributed by atoms with Crippen molar-refractivity contribution in [1.29, 1.82) is 0 Å². The minimum absolute atomic E-state index is 0. The van der Waals surface area contributed by atoms with Crippen LogP contribution in [0.5, 0.6) is 5.88 Å². The molecule has 23 heavy (non-hydrogen) atoms. The number of nitrogens with one attached hydrogen (secondary N) is 2. The molecule has 124 valence electrons.